The summed E-state index contributed by atoms with van der Waals surface area (Å²) in [5.41, 5.74) is 3.00. The third-order valence-electron chi connectivity index (χ3n) is 3.44. The summed E-state index contributed by atoms with van der Waals surface area (Å²) in [5.74, 6) is 0. The molecule has 0 fully saturated rings. The molecule has 0 spiro atoms. The zero-order valence-electron chi connectivity index (χ0n) is 12.2. The van der Waals surface area contributed by atoms with Crippen LogP contribution in [-0.2, 0) is 4.79 Å². The molecule has 7 heteroatoms. The Morgan fingerprint density at radius 1 is 1.13 bits per heavy atom. The number of hydrogen-bond donors (Lipinski definition) is 3. The number of nitrogens with zero attached hydrogens (tertiary/aromatic N) is 1. The number of fused-ring (bicyclic) bond motifs is 1. The number of anilines is 4. The Kier molecular flexibility index (Phi) is 4.65. The molecule has 0 aromatic heterocycles. The number of amides is 3. The maximum absolute atomic E-state index is 12.4. The lowest BCUT2D eigenvalue weighted by Crippen LogP contribution is -2.34. The van der Waals surface area contributed by atoms with Crippen molar-refractivity contribution in [3.8, 4) is 0 Å². The largest absolute Gasteiger partial charge is 0.382 e. The van der Waals surface area contributed by atoms with Crippen molar-refractivity contribution in [2.75, 3.05) is 33.9 Å². The van der Waals surface area contributed by atoms with Crippen molar-refractivity contribution >= 4 is 57.8 Å². The molecule has 0 saturated carbocycles. The minimum Gasteiger partial charge on any atom is -0.382 e. The number of nitrogens with one attached hydrogen (secondary N) is 3. The van der Waals surface area contributed by atoms with E-state index in [1.165, 1.54) is 0 Å². The number of urea groups is 1. The summed E-state index contributed by atoms with van der Waals surface area (Å²) in [6.45, 7) is 1.64. The summed E-state index contributed by atoms with van der Waals surface area (Å²) in [7, 11) is 0. The first-order chi connectivity index (χ1) is 11.2. The van der Waals surface area contributed by atoms with E-state index in [0.29, 0.717) is 17.8 Å². The number of halogens is 1. The van der Waals surface area contributed by atoms with Gasteiger partial charge in [0.05, 0.1) is 17.1 Å². The lowest BCUT2D eigenvalue weighted by molar-refractivity contribution is -0.106. The maximum Gasteiger partial charge on any atom is 0.332 e. The quantitative estimate of drug-likeness (QED) is 0.524. The molecular formula is C16H15IN4O2. The molecule has 0 saturated heterocycles. The summed E-state index contributed by atoms with van der Waals surface area (Å²) in [6, 6.07) is 12.3. The van der Waals surface area contributed by atoms with Gasteiger partial charge in [0.25, 0.3) is 0 Å². The number of hydrogen-bond acceptors (Lipinski definition) is 4. The Morgan fingerprint density at radius 2 is 1.91 bits per heavy atom. The highest BCUT2D eigenvalue weighted by Gasteiger charge is 2.17. The highest BCUT2D eigenvalue weighted by molar-refractivity contribution is 14.1. The van der Waals surface area contributed by atoms with Gasteiger partial charge < -0.3 is 16.0 Å². The molecule has 2 aromatic carbocycles. The molecule has 3 amide bonds. The third-order valence-corrected chi connectivity index (χ3v) is 4.11. The van der Waals surface area contributed by atoms with Crippen molar-refractivity contribution in [1.29, 1.82) is 0 Å². The van der Waals surface area contributed by atoms with Gasteiger partial charge in [0.1, 0.15) is 0 Å². The Labute approximate surface area is 147 Å². The van der Waals surface area contributed by atoms with E-state index in [1.807, 2.05) is 24.3 Å². The monoisotopic (exact) mass is 422 g/mol. The molecule has 6 nitrogen and oxygen atoms in total. The molecular weight excluding hydrogens is 407 g/mol. The summed E-state index contributed by atoms with van der Waals surface area (Å²) < 4.78 is 1.00. The Hall–Kier alpha value is -2.29. The molecule has 3 N–H and O–H groups in total. The van der Waals surface area contributed by atoms with Gasteiger partial charge in [-0.25, -0.2) is 9.69 Å². The van der Waals surface area contributed by atoms with Crippen LogP contribution >= 0.6 is 22.6 Å². The molecule has 1 heterocycles. The molecule has 3 rings (SSSR count). The van der Waals surface area contributed by atoms with Crippen molar-refractivity contribution in [1.82, 2.24) is 0 Å². The van der Waals surface area contributed by atoms with Gasteiger partial charge in [0, 0.05) is 22.3 Å². The van der Waals surface area contributed by atoms with Crippen molar-refractivity contribution < 1.29 is 9.59 Å². The molecule has 2 aromatic rings. The van der Waals surface area contributed by atoms with Crippen molar-refractivity contribution in [2.45, 2.75) is 0 Å². The van der Waals surface area contributed by atoms with Gasteiger partial charge in [-0.05, 0) is 59.0 Å². The molecule has 0 unspecified atom stereocenters. The number of carbonyl (C=O) groups excluding carboxylic acids is 2. The summed E-state index contributed by atoms with van der Waals surface area (Å²) in [6.07, 6.45) is 0.515. The van der Waals surface area contributed by atoms with E-state index in [1.54, 1.807) is 18.2 Å². The fourth-order valence-electron chi connectivity index (χ4n) is 2.35. The lowest BCUT2D eigenvalue weighted by Gasteiger charge is -2.23. The van der Waals surface area contributed by atoms with E-state index in [-0.39, 0.29) is 0 Å². The van der Waals surface area contributed by atoms with E-state index < -0.39 is 6.03 Å². The second-order valence-corrected chi connectivity index (χ2v) is 6.24. The maximum atomic E-state index is 12.4. The molecule has 0 atom stereocenters. The van der Waals surface area contributed by atoms with E-state index >= 15 is 0 Å². The van der Waals surface area contributed by atoms with Gasteiger partial charge in [0.2, 0.25) is 6.41 Å². The Morgan fingerprint density at radius 3 is 2.65 bits per heavy atom. The first-order valence-electron chi connectivity index (χ1n) is 7.10. The SMILES string of the molecule is O=CN(C(=O)Nc1cccc(I)c1)c1ccc2c(c1)NCCN2. The second kappa shape index (κ2) is 6.86. The van der Waals surface area contributed by atoms with Crippen LogP contribution in [-0.4, -0.2) is 25.5 Å². The van der Waals surface area contributed by atoms with Gasteiger partial charge in [-0.2, -0.15) is 0 Å². The predicted molar refractivity (Wildman–Crippen MR) is 100 cm³/mol. The minimum atomic E-state index is -0.495. The highest BCUT2D eigenvalue weighted by Crippen LogP contribution is 2.29. The molecule has 0 radical (unpaired) electrons. The van der Waals surface area contributed by atoms with Gasteiger partial charge in [-0.15, -0.1) is 0 Å². The van der Waals surface area contributed by atoms with Crippen LogP contribution in [0.15, 0.2) is 42.5 Å². The van der Waals surface area contributed by atoms with Crippen molar-refractivity contribution in [3.63, 3.8) is 0 Å². The van der Waals surface area contributed by atoms with Crippen LogP contribution in [0.3, 0.4) is 0 Å². The third kappa shape index (κ3) is 3.55. The van der Waals surface area contributed by atoms with Crippen molar-refractivity contribution in [3.05, 3.63) is 46.0 Å². The number of carbonyl (C=O) groups is 2. The number of rotatable bonds is 3. The first kappa shape index (κ1) is 15.6. The molecule has 1 aliphatic rings. The van der Waals surface area contributed by atoms with Gasteiger partial charge in [-0.1, -0.05) is 6.07 Å². The highest BCUT2D eigenvalue weighted by atomic mass is 127. The Balaban J connectivity index is 1.81. The molecule has 0 aliphatic carbocycles. The molecule has 1 aliphatic heterocycles. The zero-order chi connectivity index (χ0) is 16.2. The van der Waals surface area contributed by atoms with Crippen LogP contribution in [0.25, 0.3) is 0 Å². The second-order valence-electron chi connectivity index (χ2n) is 5.00. The van der Waals surface area contributed by atoms with Crippen LogP contribution in [0.5, 0.6) is 0 Å². The van der Waals surface area contributed by atoms with Gasteiger partial charge >= 0.3 is 6.03 Å². The van der Waals surface area contributed by atoms with Gasteiger partial charge in [-0.3, -0.25) is 4.79 Å². The zero-order valence-corrected chi connectivity index (χ0v) is 14.3. The fraction of sp³-hybridized carbons (Fsp3) is 0.125. The first-order valence-corrected chi connectivity index (χ1v) is 8.18. The normalized spacial score (nSPS) is 12.4. The van der Waals surface area contributed by atoms with Crippen molar-refractivity contribution in [2.24, 2.45) is 0 Å². The number of benzene rings is 2. The predicted octanol–water partition coefficient (Wildman–Crippen LogP) is 3.32. The smallest absolute Gasteiger partial charge is 0.332 e. The molecule has 0 bridgehead atoms. The molecule has 23 heavy (non-hydrogen) atoms. The van der Waals surface area contributed by atoms with Crippen LogP contribution < -0.4 is 20.9 Å². The standard InChI is InChI=1S/C16H15IN4O2/c17-11-2-1-3-12(8-11)20-16(23)21(10-22)13-4-5-14-15(9-13)19-7-6-18-14/h1-5,8-10,18-19H,6-7H2,(H,20,23). The Bertz CT molecular complexity index is 751. The average Bonchev–Trinajstić information content (AvgIpc) is 2.55. The molecule has 118 valence electrons. The van der Waals surface area contributed by atoms with E-state index in [4.69, 9.17) is 0 Å². The van der Waals surface area contributed by atoms with Crippen LogP contribution in [0.4, 0.5) is 27.5 Å². The summed E-state index contributed by atoms with van der Waals surface area (Å²) in [5, 5.41) is 9.22. The van der Waals surface area contributed by atoms with Crippen LogP contribution in [0.1, 0.15) is 0 Å². The van der Waals surface area contributed by atoms with E-state index in [2.05, 4.69) is 38.5 Å². The lowest BCUT2D eigenvalue weighted by atomic mass is 10.2. The van der Waals surface area contributed by atoms with Crippen LogP contribution in [0, 0.1) is 3.57 Å². The summed E-state index contributed by atoms with van der Waals surface area (Å²) in [4.78, 5) is 24.8. The topological polar surface area (TPSA) is 73.5 Å². The minimum absolute atomic E-state index is 0.495. The van der Waals surface area contributed by atoms with E-state index in [0.717, 1.165) is 32.9 Å². The van der Waals surface area contributed by atoms with E-state index in [9.17, 15) is 9.59 Å². The van der Waals surface area contributed by atoms with Crippen LogP contribution in [0.2, 0.25) is 0 Å². The van der Waals surface area contributed by atoms with Gasteiger partial charge in [0.15, 0.2) is 0 Å². The average molecular weight is 422 g/mol. The fourth-order valence-corrected chi connectivity index (χ4v) is 2.90. The number of imide groups is 1. The summed E-state index contributed by atoms with van der Waals surface area (Å²) >= 11 is 2.16.